The number of hydrogen-bond acceptors (Lipinski definition) is 3. The second kappa shape index (κ2) is 3.87. The lowest BCUT2D eigenvalue weighted by atomic mass is 10.2. The van der Waals surface area contributed by atoms with Crippen LogP contribution in [0.3, 0.4) is 0 Å². The summed E-state index contributed by atoms with van der Waals surface area (Å²) in [4.78, 5) is 12.2. The third-order valence-electron chi connectivity index (χ3n) is 2.35. The molecule has 1 aliphatic carbocycles. The molecule has 1 fully saturated rings. The average molecular weight is 196 g/mol. The Kier molecular flexibility index (Phi) is 2.59. The highest BCUT2D eigenvalue weighted by atomic mass is 32.1. The number of aromatic nitrogens is 1. The van der Waals surface area contributed by atoms with Gasteiger partial charge in [0.2, 0.25) is 0 Å². The summed E-state index contributed by atoms with van der Waals surface area (Å²) in [5, 5.41) is 3.01. The molecule has 0 spiro atoms. The third kappa shape index (κ3) is 2.06. The van der Waals surface area contributed by atoms with Crippen LogP contribution in [-0.4, -0.2) is 16.3 Å². The van der Waals surface area contributed by atoms with Crippen LogP contribution >= 0.6 is 11.5 Å². The highest BCUT2D eigenvalue weighted by Gasteiger charge is 2.18. The van der Waals surface area contributed by atoms with E-state index in [2.05, 4.69) is 9.69 Å². The standard InChI is InChI=1S/C9H12N2OS/c12-9(8-5-6-10-13-8)11-7-3-1-2-4-7/h5-7H,1-4H2,(H,11,12). The van der Waals surface area contributed by atoms with Gasteiger partial charge in [-0.2, -0.15) is 0 Å². The molecule has 0 aromatic carbocycles. The SMILES string of the molecule is O=C(NC1CCCC1)c1ccns1. The average Bonchev–Trinajstić information content (AvgIpc) is 2.74. The summed E-state index contributed by atoms with van der Waals surface area (Å²) in [5.74, 6) is 0.0365. The van der Waals surface area contributed by atoms with Crippen LogP contribution in [0, 0.1) is 0 Å². The van der Waals surface area contributed by atoms with Gasteiger partial charge in [-0.1, -0.05) is 12.8 Å². The number of nitrogens with one attached hydrogen (secondary N) is 1. The van der Waals surface area contributed by atoms with Crippen LogP contribution in [0.15, 0.2) is 12.3 Å². The molecule has 3 nitrogen and oxygen atoms in total. The molecule has 2 rings (SSSR count). The molecule has 1 N–H and O–H groups in total. The molecule has 0 bridgehead atoms. The summed E-state index contributed by atoms with van der Waals surface area (Å²) in [6, 6.07) is 2.16. The van der Waals surface area contributed by atoms with Gasteiger partial charge in [-0.05, 0) is 30.4 Å². The number of carbonyl (C=O) groups is 1. The summed E-state index contributed by atoms with van der Waals surface area (Å²) in [6.07, 6.45) is 6.41. The highest BCUT2D eigenvalue weighted by Crippen LogP contribution is 2.18. The molecule has 1 saturated carbocycles. The van der Waals surface area contributed by atoms with Gasteiger partial charge in [0.25, 0.3) is 5.91 Å². The van der Waals surface area contributed by atoms with Crippen LogP contribution in [0.25, 0.3) is 0 Å². The molecule has 1 heterocycles. The Morgan fingerprint density at radius 3 is 2.92 bits per heavy atom. The number of carbonyl (C=O) groups excluding carboxylic acids is 1. The maximum atomic E-state index is 11.5. The Balaban J connectivity index is 1.91. The summed E-state index contributed by atoms with van der Waals surface area (Å²) < 4.78 is 3.90. The fraction of sp³-hybridized carbons (Fsp3) is 0.556. The molecule has 1 aromatic rings. The Hall–Kier alpha value is -0.900. The number of amides is 1. The lowest BCUT2D eigenvalue weighted by Gasteiger charge is -2.09. The van der Waals surface area contributed by atoms with Gasteiger partial charge < -0.3 is 5.32 Å². The first-order valence-corrected chi connectivity index (χ1v) is 5.35. The fourth-order valence-electron chi connectivity index (χ4n) is 1.66. The second-order valence-electron chi connectivity index (χ2n) is 3.33. The normalized spacial score (nSPS) is 17.5. The van der Waals surface area contributed by atoms with Gasteiger partial charge in [-0.15, -0.1) is 0 Å². The van der Waals surface area contributed by atoms with Gasteiger partial charge in [-0.3, -0.25) is 4.79 Å². The topological polar surface area (TPSA) is 42.0 Å². The molecule has 0 radical (unpaired) electrons. The van der Waals surface area contributed by atoms with E-state index in [9.17, 15) is 4.79 Å². The lowest BCUT2D eigenvalue weighted by molar-refractivity contribution is 0.0942. The summed E-state index contributed by atoms with van der Waals surface area (Å²) in [7, 11) is 0. The van der Waals surface area contributed by atoms with Gasteiger partial charge in [0.1, 0.15) is 4.88 Å². The minimum absolute atomic E-state index is 0.0365. The maximum absolute atomic E-state index is 11.5. The van der Waals surface area contributed by atoms with Gasteiger partial charge in [0, 0.05) is 12.2 Å². The predicted octanol–water partition coefficient (Wildman–Crippen LogP) is 1.82. The Labute approximate surface area is 81.3 Å². The molecule has 1 aliphatic rings. The van der Waals surface area contributed by atoms with Crippen molar-refractivity contribution < 1.29 is 4.79 Å². The van der Waals surface area contributed by atoms with Crippen LogP contribution in [0.5, 0.6) is 0 Å². The maximum Gasteiger partial charge on any atom is 0.263 e. The van der Waals surface area contributed by atoms with E-state index >= 15 is 0 Å². The number of rotatable bonds is 2. The Bertz CT molecular complexity index is 278. The summed E-state index contributed by atoms with van der Waals surface area (Å²) in [6.45, 7) is 0. The monoisotopic (exact) mass is 196 g/mol. The van der Waals surface area contributed by atoms with Crippen molar-refractivity contribution in [2.75, 3.05) is 0 Å². The molecule has 0 unspecified atom stereocenters. The highest BCUT2D eigenvalue weighted by molar-refractivity contribution is 7.08. The first-order valence-electron chi connectivity index (χ1n) is 4.58. The van der Waals surface area contributed by atoms with E-state index in [0.717, 1.165) is 12.8 Å². The zero-order chi connectivity index (χ0) is 9.10. The van der Waals surface area contributed by atoms with Crippen molar-refractivity contribution in [2.24, 2.45) is 0 Å². The smallest absolute Gasteiger partial charge is 0.263 e. The van der Waals surface area contributed by atoms with Crippen LogP contribution in [-0.2, 0) is 0 Å². The van der Waals surface area contributed by atoms with E-state index in [4.69, 9.17) is 0 Å². The largest absolute Gasteiger partial charge is 0.349 e. The molecule has 1 aromatic heterocycles. The van der Waals surface area contributed by atoms with Crippen molar-refractivity contribution in [3.63, 3.8) is 0 Å². The zero-order valence-corrected chi connectivity index (χ0v) is 8.14. The van der Waals surface area contributed by atoms with Gasteiger partial charge in [0.15, 0.2) is 0 Å². The van der Waals surface area contributed by atoms with Crippen LogP contribution in [0.2, 0.25) is 0 Å². The molecule has 70 valence electrons. The van der Waals surface area contributed by atoms with E-state index in [1.807, 2.05) is 0 Å². The molecule has 1 amide bonds. The van der Waals surface area contributed by atoms with Gasteiger partial charge >= 0.3 is 0 Å². The zero-order valence-electron chi connectivity index (χ0n) is 7.32. The minimum atomic E-state index is 0.0365. The summed E-state index contributed by atoms with van der Waals surface area (Å²) >= 11 is 1.25. The molecule has 13 heavy (non-hydrogen) atoms. The van der Waals surface area contributed by atoms with Crippen molar-refractivity contribution in [3.8, 4) is 0 Å². The molecule has 4 heteroatoms. The minimum Gasteiger partial charge on any atom is -0.349 e. The van der Waals surface area contributed by atoms with E-state index in [-0.39, 0.29) is 5.91 Å². The Morgan fingerprint density at radius 2 is 2.31 bits per heavy atom. The van der Waals surface area contributed by atoms with E-state index in [1.165, 1.54) is 24.4 Å². The van der Waals surface area contributed by atoms with Crippen LogP contribution in [0.1, 0.15) is 35.4 Å². The molecule has 0 saturated heterocycles. The number of hydrogen-bond donors (Lipinski definition) is 1. The Morgan fingerprint density at radius 1 is 1.54 bits per heavy atom. The molecular formula is C9H12N2OS. The first kappa shape index (κ1) is 8.69. The number of nitrogens with zero attached hydrogens (tertiary/aromatic N) is 1. The molecular weight excluding hydrogens is 184 g/mol. The quantitative estimate of drug-likeness (QED) is 0.784. The van der Waals surface area contributed by atoms with Gasteiger partial charge in [0.05, 0.1) is 0 Å². The van der Waals surface area contributed by atoms with Crippen molar-refractivity contribution >= 4 is 17.4 Å². The van der Waals surface area contributed by atoms with Crippen molar-refractivity contribution in [3.05, 3.63) is 17.1 Å². The van der Waals surface area contributed by atoms with E-state index < -0.39 is 0 Å². The van der Waals surface area contributed by atoms with Gasteiger partial charge in [-0.25, -0.2) is 4.37 Å². The second-order valence-corrected chi connectivity index (χ2v) is 4.16. The van der Waals surface area contributed by atoms with Crippen LogP contribution < -0.4 is 5.32 Å². The van der Waals surface area contributed by atoms with Crippen molar-refractivity contribution in [1.82, 2.24) is 9.69 Å². The van der Waals surface area contributed by atoms with Crippen molar-refractivity contribution in [2.45, 2.75) is 31.7 Å². The van der Waals surface area contributed by atoms with E-state index in [0.29, 0.717) is 10.9 Å². The predicted molar refractivity (Wildman–Crippen MR) is 51.8 cm³/mol. The summed E-state index contributed by atoms with van der Waals surface area (Å²) in [5.41, 5.74) is 0. The first-order chi connectivity index (χ1) is 6.36. The third-order valence-corrected chi connectivity index (χ3v) is 3.10. The van der Waals surface area contributed by atoms with Crippen LogP contribution in [0.4, 0.5) is 0 Å². The van der Waals surface area contributed by atoms with Crippen molar-refractivity contribution in [1.29, 1.82) is 0 Å². The van der Waals surface area contributed by atoms with E-state index in [1.54, 1.807) is 12.3 Å². The lowest BCUT2D eigenvalue weighted by Crippen LogP contribution is -2.31. The molecule has 0 aliphatic heterocycles. The molecule has 0 atom stereocenters. The fourth-order valence-corrected chi connectivity index (χ4v) is 2.16.